The zero-order valence-corrected chi connectivity index (χ0v) is 10.8. The second-order valence-electron chi connectivity index (χ2n) is 3.79. The Hall–Kier alpha value is -0.970. The average molecular weight is 260 g/mol. The topological polar surface area (TPSA) is 64.7 Å². The van der Waals surface area contributed by atoms with Crippen LogP contribution in [0, 0.1) is 5.92 Å². The molecule has 1 rings (SSSR count). The first-order valence-electron chi connectivity index (χ1n) is 5.37. The number of nitrogens with two attached hydrogens (primary N) is 1. The van der Waals surface area contributed by atoms with Crippen molar-refractivity contribution in [1.82, 2.24) is 0 Å². The van der Waals surface area contributed by atoms with Gasteiger partial charge in [0.1, 0.15) is 11.5 Å². The number of aliphatic hydroxyl groups is 1. The summed E-state index contributed by atoms with van der Waals surface area (Å²) < 4.78 is 10.4. The number of hydrogen-bond acceptors (Lipinski definition) is 4. The Morgan fingerprint density at radius 3 is 2.41 bits per heavy atom. The van der Waals surface area contributed by atoms with Crippen molar-refractivity contribution in [2.24, 2.45) is 11.7 Å². The highest BCUT2D eigenvalue weighted by atomic mass is 35.5. The predicted octanol–water partition coefficient (Wildman–Crippen LogP) is 1.47. The molecule has 96 valence electrons. The molecule has 0 bridgehead atoms. The summed E-state index contributed by atoms with van der Waals surface area (Å²) in [5, 5.41) is 9.66. The molecule has 3 N–H and O–H groups in total. The van der Waals surface area contributed by atoms with Gasteiger partial charge in [0.05, 0.1) is 19.2 Å². The van der Waals surface area contributed by atoms with E-state index in [1.807, 2.05) is 6.07 Å². The van der Waals surface area contributed by atoms with E-state index in [0.717, 1.165) is 5.56 Å². The summed E-state index contributed by atoms with van der Waals surface area (Å²) in [7, 11) is 3.14. The summed E-state index contributed by atoms with van der Waals surface area (Å²) in [5.41, 5.74) is 6.49. The fraction of sp³-hybridized carbons (Fsp3) is 0.500. The Labute approximate surface area is 106 Å². The molecule has 0 saturated heterocycles. The number of hydrogen-bond donors (Lipinski definition) is 2. The van der Waals surface area contributed by atoms with Gasteiger partial charge < -0.3 is 20.3 Å². The third-order valence-electron chi connectivity index (χ3n) is 2.65. The molecule has 0 amide bonds. The summed E-state index contributed by atoms with van der Waals surface area (Å²) in [6, 6.07) is 3.53. The fourth-order valence-corrected chi connectivity index (χ4v) is 1.85. The van der Waals surface area contributed by atoms with E-state index in [1.54, 1.807) is 20.3 Å². The molecule has 0 saturated carbocycles. The summed E-state index contributed by atoms with van der Waals surface area (Å²) in [6.07, 6.45) is 0.629. The van der Waals surface area contributed by atoms with Crippen LogP contribution >= 0.6 is 11.6 Å². The van der Waals surface area contributed by atoms with E-state index >= 15 is 0 Å². The van der Waals surface area contributed by atoms with Gasteiger partial charge in [-0.05, 0) is 30.5 Å². The minimum absolute atomic E-state index is 0.00906. The van der Waals surface area contributed by atoms with Crippen LogP contribution in [0.3, 0.4) is 0 Å². The van der Waals surface area contributed by atoms with Gasteiger partial charge in [-0.25, -0.2) is 0 Å². The van der Waals surface area contributed by atoms with Crippen LogP contribution in [0.5, 0.6) is 11.5 Å². The number of halogens is 1. The van der Waals surface area contributed by atoms with Crippen LogP contribution in [-0.2, 0) is 6.42 Å². The molecular weight excluding hydrogens is 242 g/mol. The van der Waals surface area contributed by atoms with Crippen molar-refractivity contribution in [3.63, 3.8) is 0 Å². The normalized spacial score (nSPS) is 12.3. The second kappa shape index (κ2) is 6.69. The third-order valence-corrected chi connectivity index (χ3v) is 2.95. The molecule has 0 aromatic heterocycles. The maximum Gasteiger partial charge on any atom is 0.137 e. The molecule has 0 spiro atoms. The number of ether oxygens (including phenoxy) is 2. The van der Waals surface area contributed by atoms with E-state index in [4.69, 9.17) is 31.9 Å². The molecule has 5 heteroatoms. The Balaban J connectivity index is 3.03. The van der Waals surface area contributed by atoms with Gasteiger partial charge in [-0.2, -0.15) is 0 Å². The molecule has 4 nitrogen and oxygen atoms in total. The predicted molar refractivity (Wildman–Crippen MR) is 67.9 cm³/mol. The molecule has 0 aliphatic rings. The van der Waals surface area contributed by atoms with Crippen LogP contribution < -0.4 is 15.2 Å². The van der Waals surface area contributed by atoms with Crippen LogP contribution in [0.1, 0.15) is 5.56 Å². The van der Waals surface area contributed by atoms with Gasteiger partial charge in [0.15, 0.2) is 0 Å². The van der Waals surface area contributed by atoms with Crippen molar-refractivity contribution in [3.05, 3.63) is 22.7 Å². The lowest BCUT2D eigenvalue weighted by molar-refractivity contribution is 0.228. The van der Waals surface area contributed by atoms with E-state index in [9.17, 15) is 0 Å². The molecule has 1 unspecified atom stereocenters. The number of methoxy groups -OCH3 is 2. The lowest BCUT2D eigenvalue weighted by Gasteiger charge is -2.16. The monoisotopic (exact) mass is 259 g/mol. The van der Waals surface area contributed by atoms with E-state index in [1.165, 1.54) is 0 Å². The van der Waals surface area contributed by atoms with Crippen LogP contribution in [-0.4, -0.2) is 32.5 Å². The van der Waals surface area contributed by atoms with Crippen molar-refractivity contribution in [1.29, 1.82) is 0 Å². The SMILES string of the molecule is COc1cc(CC(CN)CO)c(OC)cc1Cl. The highest BCUT2D eigenvalue weighted by molar-refractivity contribution is 6.32. The number of rotatable bonds is 6. The fourth-order valence-electron chi connectivity index (χ4n) is 1.62. The molecule has 17 heavy (non-hydrogen) atoms. The van der Waals surface area contributed by atoms with Crippen LogP contribution in [0.25, 0.3) is 0 Å². The van der Waals surface area contributed by atoms with E-state index in [2.05, 4.69) is 0 Å². The summed E-state index contributed by atoms with van der Waals surface area (Å²) in [5.74, 6) is 1.29. The van der Waals surface area contributed by atoms with Gasteiger partial charge in [-0.15, -0.1) is 0 Å². The summed E-state index contributed by atoms with van der Waals surface area (Å²) in [4.78, 5) is 0. The number of benzene rings is 1. The number of aliphatic hydroxyl groups excluding tert-OH is 1. The minimum Gasteiger partial charge on any atom is -0.496 e. The first kappa shape index (κ1) is 14.1. The van der Waals surface area contributed by atoms with E-state index in [-0.39, 0.29) is 12.5 Å². The first-order chi connectivity index (χ1) is 8.15. The van der Waals surface area contributed by atoms with Crippen molar-refractivity contribution >= 4 is 11.6 Å². The lowest BCUT2D eigenvalue weighted by Crippen LogP contribution is -2.20. The van der Waals surface area contributed by atoms with Crippen LogP contribution in [0.15, 0.2) is 12.1 Å². The highest BCUT2D eigenvalue weighted by Crippen LogP contribution is 2.33. The maximum absolute atomic E-state index is 9.15. The van der Waals surface area contributed by atoms with Crippen molar-refractivity contribution < 1.29 is 14.6 Å². The zero-order valence-electron chi connectivity index (χ0n) is 10.1. The summed E-state index contributed by atoms with van der Waals surface area (Å²) >= 11 is 6.01. The molecule has 0 aliphatic heterocycles. The van der Waals surface area contributed by atoms with Gasteiger partial charge >= 0.3 is 0 Å². The molecule has 0 heterocycles. The minimum atomic E-state index is 0.00906. The molecule has 1 aromatic rings. The Kier molecular flexibility index (Phi) is 5.55. The molecule has 1 aromatic carbocycles. The van der Waals surface area contributed by atoms with E-state index < -0.39 is 0 Å². The van der Waals surface area contributed by atoms with Crippen LogP contribution in [0.2, 0.25) is 5.02 Å². The van der Waals surface area contributed by atoms with Gasteiger partial charge in [0, 0.05) is 12.7 Å². The smallest absolute Gasteiger partial charge is 0.137 e. The van der Waals surface area contributed by atoms with Crippen LogP contribution in [0.4, 0.5) is 0 Å². The van der Waals surface area contributed by atoms with Crippen molar-refractivity contribution in [2.45, 2.75) is 6.42 Å². The standard InChI is InChI=1S/C12H18ClNO3/c1-16-11-5-10(13)12(17-2)4-9(11)3-8(6-14)7-15/h4-5,8,15H,3,6-7,14H2,1-2H3. The lowest BCUT2D eigenvalue weighted by atomic mass is 9.99. The molecule has 0 fully saturated rings. The summed E-state index contributed by atoms with van der Waals surface area (Å²) in [6.45, 7) is 0.467. The largest absolute Gasteiger partial charge is 0.496 e. The molecule has 0 aliphatic carbocycles. The zero-order chi connectivity index (χ0) is 12.8. The second-order valence-corrected chi connectivity index (χ2v) is 4.19. The Bertz CT molecular complexity index is 367. The first-order valence-corrected chi connectivity index (χ1v) is 5.75. The van der Waals surface area contributed by atoms with Gasteiger partial charge in [0.25, 0.3) is 0 Å². The molecule has 1 atom stereocenters. The van der Waals surface area contributed by atoms with E-state index in [0.29, 0.717) is 29.5 Å². The Morgan fingerprint density at radius 1 is 1.29 bits per heavy atom. The average Bonchev–Trinajstić information content (AvgIpc) is 2.36. The van der Waals surface area contributed by atoms with Gasteiger partial charge in [-0.3, -0.25) is 0 Å². The van der Waals surface area contributed by atoms with Gasteiger partial charge in [0.2, 0.25) is 0 Å². The van der Waals surface area contributed by atoms with Gasteiger partial charge in [-0.1, -0.05) is 11.6 Å². The Morgan fingerprint density at radius 2 is 1.94 bits per heavy atom. The highest BCUT2D eigenvalue weighted by Gasteiger charge is 2.14. The van der Waals surface area contributed by atoms with Crippen molar-refractivity contribution in [2.75, 3.05) is 27.4 Å². The van der Waals surface area contributed by atoms with Crippen molar-refractivity contribution in [3.8, 4) is 11.5 Å². The third kappa shape index (κ3) is 3.49. The molecular formula is C12H18ClNO3. The maximum atomic E-state index is 9.15. The quantitative estimate of drug-likeness (QED) is 0.812. The molecule has 0 radical (unpaired) electrons.